The number of rotatable bonds is 14. The minimum absolute atomic E-state index is 0.00199. The number of methoxy groups -OCH3 is 2. The number of aliphatic hydroxyl groups is 2. The first kappa shape index (κ1) is 34.6. The number of nitro groups is 2. The number of aliphatic hydroxyl groups excluding tert-OH is 2. The predicted octanol–water partition coefficient (Wildman–Crippen LogP) is 2.89. The molecule has 2 N–H and O–H groups in total. The summed E-state index contributed by atoms with van der Waals surface area (Å²) in [4.78, 5) is 51.6. The predicted molar refractivity (Wildman–Crippen MR) is 166 cm³/mol. The van der Waals surface area contributed by atoms with Gasteiger partial charge in [0.15, 0.2) is 23.0 Å². The monoisotopic (exact) mass is 656 g/mol. The van der Waals surface area contributed by atoms with Crippen LogP contribution in [0, 0.1) is 20.2 Å². The molecule has 0 spiro atoms. The third kappa shape index (κ3) is 7.44. The lowest BCUT2D eigenvalue weighted by Crippen LogP contribution is -2.38. The molecule has 47 heavy (non-hydrogen) atoms. The van der Waals surface area contributed by atoms with Crippen LogP contribution < -0.4 is 18.9 Å². The zero-order chi connectivity index (χ0) is 34.4. The second-order valence-corrected chi connectivity index (χ2v) is 11.1. The Bertz CT molecular complexity index is 1480. The van der Waals surface area contributed by atoms with Gasteiger partial charge in [0.1, 0.15) is 11.1 Å². The summed E-state index contributed by atoms with van der Waals surface area (Å²) in [6, 6.07) is 3.52. The van der Waals surface area contributed by atoms with Gasteiger partial charge >= 0.3 is 0 Å². The van der Waals surface area contributed by atoms with E-state index >= 15 is 0 Å². The Balaban J connectivity index is 1.46. The molecule has 0 aromatic heterocycles. The van der Waals surface area contributed by atoms with Crippen molar-refractivity contribution in [2.45, 2.75) is 31.3 Å². The van der Waals surface area contributed by atoms with E-state index in [4.69, 9.17) is 18.9 Å². The number of ether oxygens (including phenoxy) is 4. The van der Waals surface area contributed by atoms with Crippen LogP contribution in [0.2, 0.25) is 0 Å². The molecule has 2 saturated heterocycles. The molecule has 0 unspecified atom stereocenters. The zero-order valence-corrected chi connectivity index (χ0v) is 26.0. The van der Waals surface area contributed by atoms with Crippen LogP contribution in [0.4, 0.5) is 11.4 Å². The summed E-state index contributed by atoms with van der Waals surface area (Å²) in [6.07, 6.45) is 0.980. The van der Waals surface area contributed by atoms with Gasteiger partial charge in [-0.1, -0.05) is 24.3 Å². The number of nitro benzene ring substituents is 2. The molecule has 16 nitrogen and oxygen atoms in total. The van der Waals surface area contributed by atoms with Crippen LogP contribution in [0.3, 0.4) is 0 Å². The van der Waals surface area contributed by atoms with Crippen molar-refractivity contribution in [2.24, 2.45) is 0 Å². The Morgan fingerprint density at radius 3 is 1.47 bits per heavy atom. The fraction of sp³-hybridized carbons (Fsp3) is 0.419. The summed E-state index contributed by atoms with van der Waals surface area (Å²) >= 11 is 0. The lowest BCUT2D eigenvalue weighted by atomic mass is 10.1. The minimum Gasteiger partial charge on any atom is -0.493 e. The fourth-order valence-corrected chi connectivity index (χ4v) is 5.58. The van der Waals surface area contributed by atoms with Crippen LogP contribution in [0.1, 0.15) is 40.0 Å². The topological polar surface area (TPSA) is 204 Å². The van der Waals surface area contributed by atoms with Crippen LogP contribution in [-0.2, 0) is 0 Å². The molecule has 4 rings (SSSR count). The van der Waals surface area contributed by atoms with Gasteiger partial charge in [0.2, 0.25) is 0 Å². The van der Waals surface area contributed by atoms with Crippen LogP contribution in [-0.4, -0.2) is 107 Å². The lowest BCUT2D eigenvalue weighted by Gasteiger charge is -2.23. The molecule has 252 valence electrons. The molecule has 0 bridgehead atoms. The number of likely N-dealkylation sites (tertiary alicyclic amines) is 2. The summed E-state index contributed by atoms with van der Waals surface area (Å²) in [5.41, 5.74) is -0.0369. The summed E-state index contributed by atoms with van der Waals surface area (Å²) < 4.78 is 22.1. The van der Waals surface area contributed by atoms with Gasteiger partial charge in [-0.25, -0.2) is 0 Å². The molecule has 2 fully saturated rings. The lowest BCUT2D eigenvalue weighted by molar-refractivity contribution is -0.385. The standard InChI is InChI=1S/C31H36N4O12/c1-18-8-20(16-36)32(14-18)30(38)22-10-26(44-3)28(12-24(22)34(40)41)46-6-5-7-47-29-13-25(35(42)43)23(11-27(29)45-4)31(39)33-15-19(2)9-21(33)17-37/h10-13,20-21,36-37H,1-2,5-9,14-17H2,3-4H3/t20-,21-/m0/s1. The van der Waals surface area contributed by atoms with E-state index in [0.29, 0.717) is 12.8 Å². The minimum atomic E-state index is -0.709. The first-order valence-corrected chi connectivity index (χ1v) is 14.6. The van der Waals surface area contributed by atoms with E-state index in [1.54, 1.807) is 0 Å². The molecule has 2 atom stereocenters. The molecule has 2 heterocycles. The molecule has 2 aliphatic heterocycles. The van der Waals surface area contributed by atoms with Crippen molar-refractivity contribution in [1.29, 1.82) is 0 Å². The highest BCUT2D eigenvalue weighted by molar-refractivity contribution is 6.00. The molecule has 0 radical (unpaired) electrons. The summed E-state index contributed by atoms with van der Waals surface area (Å²) in [6.45, 7) is 7.33. The molecule has 16 heteroatoms. The van der Waals surface area contributed by atoms with Crippen molar-refractivity contribution in [2.75, 3.05) is 53.7 Å². The molecule has 2 aromatic carbocycles. The van der Waals surface area contributed by atoms with Gasteiger partial charge in [-0.2, -0.15) is 0 Å². The van der Waals surface area contributed by atoms with Crippen LogP contribution >= 0.6 is 0 Å². The maximum absolute atomic E-state index is 13.3. The normalized spacial score (nSPS) is 17.5. The number of amides is 2. The average molecular weight is 657 g/mol. The highest BCUT2D eigenvalue weighted by Gasteiger charge is 2.37. The Labute approximate surface area is 269 Å². The maximum atomic E-state index is 13.3. The Morgan fingerprint density at radius 1 is 0.766 bits per heavy atom. The van der Waals surface area contributed by atoms with Gasteiger partial charge in [0.25, 0.3) is 23.2 Å². The number of nitrogens with zero attached hydrogens (tertiary/aromatic N) is 4. The van der Waals surface area contributed by atoms with Gasteiger partial charge < -0.3 is 39.0 Å². The van der Waals surface area contributed by atoms with E-state index in [-0.39, 0.29) is 80.1 Å². The molecule has 2 aromatic rings. The second kappa shape index (κ2) is 14.9. The number of benzene rings is 2. The Hall–Kier alpha value is -5.22. The maximum Gasteiger partial charge on any atom is 0.286 e. The molecular formula is C31H36N4O12. The van der Waals surface area contributed by atoms with Crippen LogP contribution in [0.15, 0.2) is 48.6 Å². The van der Waals surface area contributed by atoms with Crippen molar-refractivity contribution in [3.63, 3.8) is 0 Å². The van der Waals surface area contributed by atoms with Gasteiger partial charge in [-0.15, -0.1) is 0 Å². The third-order valence-electron chi connectivity index (χ3n) is 7.88. The molecule has 0 saturated carbocycles. The SMILES string of the molecule is C=C1C[C@@H](CO)N(C(=O)c2cc(OC)c(OCCCOc3cc([N+](=O)[O-])c(C(=O)N4CC(=C)C[C@H]4CO)cc3OC)cc2[N+](=O)[O-])C1. The number of hydrogen-bond donors (Lipinski definition) is 2. The molecular weight excluding hydrogens is 620 g/mol. The third-order valence-corrected chi connectivity index (χ3v) is 7.88. The molecule has 0 aliphatic carbocycles. The van der Waals surface area contributed by atoms with Gasteiger partial charge in [0, 0.05) is 31.6 Å². The first-order valence-electron chi connectivity index (χ1n) is 14.6. The highest BCUT2D eigenvalue weighted by Crippen LogP contribution is 2.38. The molecule has 2 aliphatic rings. The Kier molecular flexibility index (Phi) is 11.0. The van der Waals surface area contributed by atoms with E-state index in [2.05, 4.69) is 13.2 Å². The Morgan fingerprint density at radius 2 is 1.15 bits per heavy atom. The number of carbonyl (C=O) groups is 2. The van der Waals surface area contributed by atoms with Gasteiger partial charge in [-0.05, 0) is 12.8 Å². The largest absolute Gasteiger partial charge is 0.493 e. The smallest absolute Gasteiger partial charge is 0.286 e. The highest BCUT2D eigenvalue weighted by atomic mass is 16.6. The zero-order valence-electron chi connectivity index (χ0n) is 26.0. The van der Waals surface area contributed by atoms with Gasteiger partial charge in [-0.3, -0.25) is 29.8 Å². The van der Waals surface area contributed by atoms with Crippen molar-refractivity contribution >= 4 is 23.2 Å². The quantitative estimate of drug-likeness (QED) is 0.130. The first-order chi connectivity index (χ1) is 22.4. The van der Waals surface area contributed by atoms with Gasteiger partial charge in [0.05, 0.1) is 74.7 Å². The fourth-order valence-electron chi connectivity index (χ4n) is 5.58. The van der Waals surface area contributed by atoms with E-state index < -0.39 is 45.1 Å². The molecule has 2 amide bonds. The van der Waals surface area contributed by atoms with E-state index in [0.717, 1.165) is 23.3 Å². The summed E-state index contributed by atoms with van der Waals surface area (Å²) in [7, 11) is 2.63. The van der Waals surface area contributed by atoms with Crippen LogP contribution in [0.25, 0.3) is 0 Å². The van der Waals surface area contributed by atoms with Crippen molar-refractivity contribution < 1.29 is 48.6 Å². The van der Waals surface area contributed by atoms with E-state index in [1.807, 2.05) is 0 Å². The summed E-state index contributed by atoms with van der Waals surface area (Å²) in [5, 5.41) is 43.2. The van der Waals surface area contributed by atoms with Crippen molar-refractivity contribution in [3.8, 4) is 23.0 Å². The average Bonchev–Trinajstić information content (AvgIpc) is 3.64. The van der Waals surface area contributed by atoms with Crippen molar-refractivity contribution in [1.82, 2.24) is 9.80 Å². The summed E-state index contributed by atoms with van der Waals surface area (Å²) in [5.74, 6) is -1.16. The van der Waals surface area contributed by atoms with E-state index in [9.17, 15) is 40.0 Å². The number of carbonyl (C=O) groups excluding carboxylic acids is 2. The number of hydrogen-bond acceptors (Lipinski definition) is 12. The second-order valence-electron chi connectivity index (χ2n) is 11.1. The van der Waals surface area contributed by atoms with Crippen LogP contribution in [0.5, 0.6) is 23.0 Å². The van der Waals surface area contributed by atoms with Crippen molar-refractivity contribution in [3.05, 3.63) is 79.9 Å². The van der Waals surface area contributed by atoms with E-state index in [1.165, 1.54) is 36.2 Å².